The van der Waals surface area contributed by atoms with Gasteiger partial charge in [0.25, 0.3) is 5.91 Å². The molecule has 166 valence electrons. The van der Waals surface area contributed by atoms with E-state index in [1.807, 2.05) is 7.05 Å². The van der Waals surface area contributed by atoms with Crippen LogP contribution in [-0.2, 0) is 11.8 Å². The standard InChI is InChI=1S/C23H28ClFN4O2/c1-28-13-26-21(22(28)23(30)27-17-2-3-20(25)19(24)12-17)16-8-14-10-18(11-15(14)9-16)29-4-6-31-7-5-29/h2-3,12-16,18H,4-11H2,1H3,(H,27,30). The van der Waals surface area contributed by atoms with E-state index in [0.29, 0.717) is 35.2 Å². The zero-order valence-electron chi connectivity index (χ0n) is 17.7. The molecular weight excluding hydrogens is 419 g/mol. The van der Waals surface area contributed by atoms with Crippen LogP contribution in [0.15, 0.2) is 24.5 Å². The van der Waals surface area contributed by atoms with Crippen LogP contribution in [0, 0.1) is 17.7 Å². The molecule has 31 heavy (non-hydrogen) atoms. The Balaban J connectivity index is 1.27. The minimum absolute atomic E-state index is 0.0125. The summed E-state index contributed by atoms with van der Waals surface area (Å²) < 4.78 is 20.7. The van der Waals surface area contributed by atoms with E-state index >= 15 is 0 Å². The summed E-state index contributed by atoms with van der Waals surface area (Å²) in [6, 6.07) is 4.87. The Labute approximate surface area is 186 Å². The maximum Gasteiger partial charge on any atom is 0.274 e. The third-order valence-corrected chi connectivity index (χ3v) is 7.59. The van der Waals surface area contributed by atoms with E-state index in [9.17, 15) is 9.18 Å². The number of aromatic nitrogens is 2. The van der Waals surface area contributed by atoms with Gasteiger partial charge < -0.3 is 14.6 Å². The molecule has 2 aromatic rings. The fourth-order valence-electron chi connectivity index (χ4n) is 5.84. The van der Waals surface area contributed by atoms with Crippen molar-refractivity contribution < 1.29 is 13.9 Å². The second-order valence-corrected chi connectivity index (χ2v) is 9.54. The van der Waals surface area contributed by atoms with Crippen molar-refractivity contribution in [3.8, 4) is 0 Å². The lowest BCUT2D eigenvalue weighted by atomic mass is 9.96. The first-order valence-electron chi connectivity index (χ1n) is 11.1. The van der Waals surface area contributed by atoms with Crippen molar-refractivity contribution in [2.24, 2.45) is 18.9 Å². The first kappa shape index (κ1) is 20.9. The first-order chi connectivity index (χ1) is 15.0. The van der Waals surface area contributed by atoms with Gasteiger partial charge >= 0.3 is 0 Å². The van der Waals surface area contributed by atoms with Gasteiger partial charge in [-0.2, -0.15) is 0 Å². The van der Waals surface area contributed by atoms with Gasteiger partial charge in [0, 0.05) is 37.8 Å². The third-order valence-electron chi connectivity index (χ3n) is 7.30. The smallest absolute Gasteiger partial charge is 0.274 e. The largest absolute Gasteiger partial charge is 0.379 e. The number of rotatable bonds is 4. The van der Waals surface area contributed by atoms with Gasteiger partial charge in [0.1, 0.15) is 11.5 Å². The maximum absolute atomic E-state index is 13.4. The summed E-state index contributed by atoms with van der Waals surface area (Å²) in [5.41, 5.74) is 1.93. The van der Waals surface area contributed by atoms with Crippen molar-refractivity contribution in [3.63, 3.8) is 0 Å². The van der Waals surface area contributed by atoms with Gasteiger partial charge in [-0.15, -0.1) is 0 Å². The number of benzene rings is 1. The Morgan fingerprint density at radius 1 is 1.19 bits per heavy atom. The molecule has 6 nitrogen and oxygen atoms in total. The van der Waals surface area contributed by atoms with E-state index in [1.54, 1.807) is 10.9 Å². The lowest BCUT2D eigenvalue weighted by Crippen LogP contribution is -2.42. The highest BCUT2D eigenvalue weighted by molar-refractivity contribution is 6.31. The molecule has 0 spiro atoms. The third kappa shape index (κ3) is 4.11. The van der Waals surface area contributed by atoms with Crippen LogP contribution >= 0.6 is 11.6 Å². The highest BCUT2D eigenvalue weighted by Gasteiger charge is 2.45. The summed E-state index contributed by atoms with van der Waals surface area (Å²) >= 11 is 5.86. The first-order valence-corrected chi connectivity index (χ1v) is 11.5. The van der Waals surface area contributed by atoms with Crippen LogP contribution in [0.2, 0.25) is 5.02 Å². The number of nitrogens with one attached hydrogen (secondary N) is 1. The van der Waals surface area contributed by atoms with Gasteiger partial charge in [-0.1, -0.05) is 11.6 Å². The van der Waals surface area contributed by atoms with E-state index in [1.165, 1.54) is 31.0 Å². The number of fused-ring (bicyclic) bond motifs is 1. The number of amides is 1. The Hall–Kier alpha value is -1.96. The molecule has 1 saturated heterocycles. The van der Waals surface area contributed by atoms with Crippen LogP contribution in [-0.4, -0.2) is 52.7 Å². The molecular formula is C23H28ClFN4O2. The fraction of sp³-hybridized carbons (Fsp3) is 0.565. The number of hydrogen-bond acceptors (Lipinski definition) is 4. The van der Waals surface area contributed by atoms with E-state index in [2.05, 4.69) is 15.2 Å². The van der Waals surface area contributed by atoms with Gasteiger partial charge in [-0.25, -0.2) is 9.37 Å². The van der Waals surface area contributed by atoms with Crippen molar-refractivity contribution in [1.82, 2.24) is 14.5 Å². The molecule has 8 heteroatoms. The summed E-state index contributed by atoms with van der Waals surface area (Å²) in [5, 5.41) is 2.84. The lowest BCUT2D eigenvalue weighted by molar-refractivity contribution is 0.0162. The number of hydrogen-bond donors (Lipinski definition) is 1. The zero-order valence-corrected chi connectivity index (χ0v) is 18.4. The summed E-state index contributed by atoms with van der Waals surface area (Å²) in [4.78, 5) is 20.3. The van der Waals surface area contributed by atoms with E-state index < -0.39 is 5.82 Å². The predicted octanol–water partition coefficient (Wildman–Crippen LogP) is 4.07. The molecule has 3 fully saturated rings. The lowest BCUT2D eigenvalue weighted by Gasteiger charge is -2.32. The van der Waals surface area contributed by atoms with Crippen LogP contribution in [0.4, 0.5) is 10.1 Å². The second kappa shape index (κ2) is 8.52. The monoisotopic (exact) mass is 446 g/mol. The van der Waals surface area contributed by atoms with Crippen LogP contribution < -0.4 is 5.32 Å². The zero-order chi connectivity index (χ0) is 21.5. The van der Waals surface area contributed by atoms with Crippen molar-refractivity contribution in [1.29, 1.82) is 0 Å². The Morgan fingerprint density at radius 3 is 2.58 bits per heavy atom. The molecule has 0 radical (unpaired) electrons. The molecule has 2 heterocycles. The minimum Gasteiger partial charge on any atom is -0.379 e. The molecule has 5 rings (SSSR count). The summed E-state index contributed by atoms with van der Waals surface area (Å²) in [7, 11) is 1.84. The van der Waals surface area contributed by atoms with E-state index in [4.69, 9.17) is 16.3 Å². The number of carbonyl (C=O) groups is 1. The number of nitrogens with zero attached hydrogens (tertiary/aromatic N) is 3. The molecule has 1 aromatic heterocycles. The molecule has 1 aromatic carbocycles. The SMILES string of the molecule is Cn1cnc(C2CC3CC(N4CCOCC4)CC3C2)c1C(=O)Nc1ccc(F)c(Cl)c1. The minimum atomic E-state index is -0.506. The molecule has 2 atom stereocenters. The van der Waals surface area contributed by atoms with E-state index in [-0.39, 0.29) is 10.9 Å². The summed E-state index contributed by atoms with van der Waals surface area (Å²) in [6.07, 6.45) is 6.37. The number of anilines is 1. The molecule has 2 saturated carbocycles. The van der Waals surface area contributed by atoms with Crippen molar-refractivity contribution in [2.75, 3.05) is 31.6 Å². The molecule has 0 bridgehead atoms. The molecule has 2 aliphatic carbocycles. The normalized spacial score (nSPS) is 28.6. The Kier molecular flexibility index (Phi) is 5.75. The highest BCUT2D eigenvalue weighted by Crippen LogP contribution is 2.51. The Bertz CT molecular complexity index is 960. The van der Waals surface area contributed by atoms with Crippen LogP contribution in [0.3, 0.4) is 0 Å². The van der Waals surface area contributed by atoms with Crippen molar-refractivity contribution in [2.45, 2.75) is 37.6 Å². The quantitative estimate of drug-likeness (QED) is 0.769. The molecule has 1 N–H and O–H groups in total. The topological polar surface area (TPSA) is 59.4 Å². The molecule has 3 aliphatic rings. The maximum atomic E-state index is 13.4. The Morgan fingerprint density at radius 2 is 1.90 bits per heavy atom. The highest BCUT2D eigenvalue weighted by atomic mass is 35.5. The number of halogens is 2. The van der Waals surface area contributed by atoms with Crippen LogP contribution in [0.25, 0.3) is 0 Å². The number of carbonyl (C=O) groups excluding carboxylic acids is 1. The average Bonchev–Trinajstić information content (AvgIpc) is 3.44. The summed E-state index contributed by atoms with van der Waals surface area (Å²) in [6.45, 7) is 3.79. The van der Waals surface area contributed by atoms with Gasteiger partial charge in [0.05, 0.1) is 30.3 Å². The van der Waals surface area contributed by atoms with Gasteiger partial charge in [0.2, 0.25) is 0 Å². The molecule has 1 aliphatic heterocycles. The molecule has 1 amide bonds. The van der Waals surface area contributed by atoms with Gasteiger partial charge in [-0.05, 0) is 55.7 Å². The van der Waals surface area contributed by atoms with Gasteiger partial charge in [-0.3, -0.25) is 9.69 Å². The number of aryl methyl sites for hydroxylation is 1. The average molecular weight is 447 g/mol. The summed E-state index contributed by atoms with van der Waals surface area (Å²) in [5.74, 6) is 0.965. The number of ether oxygens (including phenoxy) is 1. The van der Waals surface area contributed by atoms with Crippen molar-refractivity contribution in [3.05, 3.63) is 46.8 Å². The van der Waals surface area contributed by atoms with E-state index in [0.717, 1.165) is 44.8 Å². The van der Waals surface area contributed by atoms with Crippen LogP contribution in [0.5, 0.6) is 0 Å². The van der Waals surface area contributed by atoms with Gasteiger partial charge in [0.15, 0.2) is 0 Å². The predicted molar refractivity (Wildman–Crippen MR) is 117 cm³/mol. The van der Waals surface area contributed by atoms with Crippen molar-refractivity contribution >= 4 is 23.2 Å². The number of morpholine rings is 1. The fourth-order valence-corrected chi connectivity index (χ4v) is 6.02. The second-order valence-electron chi connectivity index (χ2n) is 9.13. The number of imidazole rings is 1. The van der Waals surface area contributed by atoms with Crippen LogP contribution in [0.1, 0.15) is 47.8 Å². The molecule has 2 unspecified atom stereocenters.